The largest absolute Gasteiger partial charge is 0.444 e. The van der Waals surface area contributed by atoms with Gasteiger partial charge >= 0.3 is 5.97 Å². The molecule has 1 aliphatic heterocycles. The molecule has 0 saturated carbocycles. The number of nitrogens with zero attached hydrogens (tertiary/aromatic N) is 1. The summed E-state index contributed by atoms with van der Waals surface area (Å²) in [6, 6.07) is 0.333. The normalized spacial score (nSPS) is 28.0. The molecule has 0 aromatic carbocycles. The molecule has 1 fully saturated rings. The third-order valence-electron chi connectivity index (χ3n) is 4.95. The molecule has 0 aromatic heterocycles. The van der Waals surface area contributed by atoms with Crippen molar-refractivity contribution in [2.45, 2.75) is 104 Å². The predicted molar refractivity (Wildman–Crippen MR) is 93.3 cm³/mol. The molecule has 0 N–H and O–H groups in total. The fourth-order valence-corrected chi connectivity index (χ4v) is 4.33. The van der Waals surface area contributed by atoms with Crippen LogP contribution in [0, 0.1) is 0 Å². The Kier molecular flexibility index (Phi) is 5.58. The molecule has 3 atom stereocenters. The Morgan fingerprint density at radius 2 is 1.64 bits per heavy atom. The van der Waals surface area contributed by atoms with Gasteiger partial charge in [-0.1, -0.05) is 20.8 Å². The summed E-state index contributed by atoms with van der Waals surface area (Å²) in [7, 11) is -1.90. The number of likely N-dealkylation sites (tertiary alicyclic amines) is 1. The van der Waals surface area contributed by atoms with Crippen LogP contribution in [0.4, 0.5) is 0 Å². The van der Waals surface area contributed by atoms with Gasteiger partial charge in [0, 0.05) is 18.5 Å². The third kappa shape index (κ3) is 4.33. The second-order valence-electron chi connectivity index (χ2n) is 9.08. The van der Waals surface area contributed by atoms with Gasteiger partial charge in [0.25, 0.3) is 0 Å². The van der Waals surface area contributed by atoms with E-state index in [0.29, 0.717) is 6.04 Å². The van der Waals surface area contributed by atoms with Crippen molar-refractivity contribution < 1.29 is 14.0 Å². The molecule has 1 heterocycles. The lowest BCUT2D eigenvalue weighted by atomic mass is 10.1. The molecular weight excluding hydrogens is 294 g/mol. The molecule has 5 heteroatoms. The molecule has 22 heavy (non-hydrogen) atoms. The summed E-state index contributed by atoms with van der Waals surface area (Å²) < 4.78 is 12.3. The van der Waals surface area contributed by atoms with Crippen molar-refractivity contribution in [2.24, 2.45) is 0 Å². The minimum absolute atomic E-state index is 0.0426. The highest BCUT2D eigenvalue weighted by Gasteiger charge is 2.50. The zero-order chi connectivity index (χ0) is 17.5. The molecule has 1 rings (SSSR count). The van der Waals surface area contributed by atoms with E-state index in [1.54, 1.807) is 0 Å². The first-order chi connectivity index (χ1) is 9.67. The van der Waals surface area contributed by atoms with Crippen LogP contribution in [-0.4, -0.2) is 43.1 Å². The molecule has 1 aliphatic rings. The van der Waals surface area contributed by atoms with Crippen molar-refractivity contribution in [3.63, 3.8) is 0 Å². The van der Waals surface area contributed by atoms with E-state index in [1.165, 1.54) is 6.92 Å². The SMILES string of the molecule is CC(=O)OC1[C@@H](O[Si](C)(C)C(C)(C)C)C[C@@H](C)N1C(C)(C)C. The first kappa shape index (κ1) is 19.7. The van der Waals surface area contributed by atoms with Crippen LogP contribution in [0.15, 0.2) is 0 Å². The number of hydrogen-bond donors (Lipinski definition) is 0. The van der Waals surface area contributed by atoms with Gasteiger partial charge in [-0.25, -0.2) is 0 Å². The Morgan fingerprint density at radius 1 is 1.14 bits per heavy atom. The van der Waals surface area contributed by atoms with E-state index in [1.807, 2.05) is 0 Å². The number of esters is 1. The van der Waals surface area contributed by atoms with Gasteiger partial charge in [0.1, 0.15) is 0 Å². The van der Waals surface area contributed by atoms with Crippen molar-refractivity contribution in [1.82, 2.24) is 4.90 Å². The van der Waals surface area contributed by atoms with E-state index in [9.17, 15) is 4.79 Å². The van der Waals surface area contributed by atoms with Crippen LogP contribution in [0.5, 0.6) is 0 Å². The van der Waals surface area contributed by atoms with Crippen molar-refractivity contribution in [3.8, 4) is 0 Å². The first-order valence-electron chi connectivity index (χ1n) is 8.30. The van der Waals surface area contributed by atoms with Gasteiger partial charge < -0.3 is 9.16 Å². The van der Waals surface area contributed by atoms with E-state index < -0.39 is 8.32 Å². The molecule has 4 nitrogen and oxygen atoms in total. The zero-order valence-corrected chi connectivity index (χ0v) is 17.1. The second kappa shape index (κ2) is 6.25. The van der Waals surface area contributed by atoms with Crippen LogP contribution in [-0.2, 0) is 14.0 Å². The van der Waals surface area contributed by atoms with Gasteiger partial charge in [-0.15, -0.1) is 0 Å². The summed E-state index contributed by atoms with van der Waals surface area (Å²) in [6.07, 6.45) is 0.572. The molecule has 0 aliphatic carbocycles. The number of carbonyl (C=O) groups excluding carboxylic acids is 1. The fraction of sp³-hybridized carbons (Fsp3) is 0.941. The Labute approximate surface area is 137 Å². The minimum Gasteiger partial charge on any atom is -0.444 e. The minimum atomic E-state index is -1.90. The summed E-state index contributed by atoms with van der Waals surface area (Å²) in [5, 5.41) is 0.145. The molecule has 0 spiro atoms. The fourth-order valence-electron chi connectivity index (χ4n) is 3.00. The third-order valence-corrected chi connectivity index (χ3v) is 9.46. The molecular formula is C17H35NO3Si. The first-order valence-corrected chi connectivity index (χ1v) is 11.2. The van der Waals surface area contributed by atoms with Gasteiger partial charge in [0.15, 0.2) is 14.5 Å². The van der Waals surface area contributed by atoms with E-state index >= 15 is 0 Å². The second-order valence-corrected chi connectivity index (χ2v) is 13.8. The zero-order valence-electron chi connectivity index (χ0n) is 16.1. The molecule has 130 valence electrons. The summed E-state index contributed by atoms with van der Waals surface area (Å²) in [6.45, 7) is 21.4. The van der Waals surface area contributed by atoms with Gasteiger partial charge in [-0.3, -0.25) is 9.69 Å². The van der Waals surface area contributed by atoms with E-state index in [0.717, 1.165) is 6.42 Å². The van der Waals surface area contributed by atoms with Crippen molar-refractivity contribution >= 4 is 14.3 Å². The lowest BCUT2D eigenvalue weighted by Gasteiger charge is -2.42. The van der Waals surface area contributed by atoms with Crippen molar-refractivity contribution in [3.05, 3.63) is 0 Å². The molecule has 0 amide bonds. The van der Waals surface area contributed by atoms with E-state index in [2.05, 4.69) is 66.5 Å². The predicted octanol–water partition coefficient (Wildman–Crippen LogP) is 4.16. The molecule has 0 bridgehead atoms. The van der Waals surface area contributed by atoms with E-state index in [-0.39, 0.29) is 28.9 Å². The lowest BCUT2D eigenvalue weighted by Crippen LogP contribution is -2.53. The van der Waals surface area contributed by atoms with Crippen LogP contribution < -0.4 is 0 Å². The highest BCUT2D eigenvalue weighted by atomic mass is 28.4. The van der Waals surface area contributed by atoms with E-state index in [4.69, 9.17) is 9.16 Å². The standard InChI is InChI=1S/C17H35NO3Si/c1-12-11-14(21-22(9,10)17(6,7)8)15(20-13(2)19)18(12)16(3,4)5/h12,14-15H,11H2,1-10H3/t12-,14+,15?/m1/s1. The maximum atomic E-state index is 11.6. The molecule has 1 unspecified atom stereocenters. The van der Waals surface area contributed by atoms with Crippen LogP contribution >= 0.6 is 0 Å². The highest BCUT2D eigenvalue weighted by molar-refractivity contribution is 6.74. The number of rotatable bonds is 3. The Balaban J connectivity index is 3.06. The average molecular weight is 330 g/mol. The molecule has 0 radical (unpaired) electrons. The number of hydrogen-bond acceptors (Lipinski definition) is 4. The summed E-state index contributed by atoms with van der Waals surface area (Å²) in [5.74, 6) is -0.239. The molecule has 1 saturated heterocycles. The number of carbonyl (C=O) groups is 1. The van der Waals surface area contributed by atoms with Gasteiger partial charge in [-0.05, 0) is 52.2 Å². The van der Waals surface area contributed by atoms with Crippen LogP contribution in [0.1, 0.15) is 61.8 Å². The van der Waals surface area contributed by atoms with Crippen molar-refractivity contribution in [1.29, 1.82) is 0 Å². The summed E-state index contributed by atoms with van der Waals surface area (Å²) in [4.78, 5) is 13.9. The summed E-state index contributed by atoms with van der Waals surface area (Å²) >= 11 is 0. The van der Waals surface area contributed by atoms with Gasteiger partial charge in [0.2, 0.25) is 0 Å². The maximum absolute atomic E-state index is 11.6. The number of ether oxygens (including phenoxy) is 1. The smallest absolute Gasteiger partial charge is 0.304 e. The monoisotopic (exact) mass is 329 g/mol. The Hall–Kier alpha value is -0.393. The summed E-state index contributed by atoms with van der Waals surface area (Å²) in [5.41, 5.74) is -0.0644. The Morgan fingerprint density at radius 3 is 2.00 bits per heavy atom. The Bertz CT molecular complexity index is 409. The topological polar surface area (TPSA) is 38.8 Å². The van der Waals surface area contributed by atoms with Crippen LogP contribution in [0.3, 0.4) is 0 Å². The quantitative estimate of drug-likeness (QED) is 0.576. The molecule has 0 aromatic rings. The van der Waals surface area contributed by atoms with Gasteiger partial charge in [-0.2, -0.15) is 0 Å². The van der Waals surface area contributed by atoms with Crippen molar-refractivity contribution in [2.75, 3.05) is 0 Å². The highest BCUT2D eigenvalue weighted by Crippen LogP contribution is 2.41. The van der Waals surface area contributed by atoms with Crippen LogP contribution in [0.2, 0.25) is 18.1 Å². The average Bonchev–Trinajstić information content (AvgIpc) is 2.50. The van der Waals surface area contributed by atoms with Crippen LogP contribution in [0.25, 0.3) is 0 Å². The lowest BCUT2D eigenvalue weighted by molar-refractivity contribution is -0.167. The maximum Gasteiger partial charge on any atom is 0.304 e. The van der Waals surface area contributed by atoms with Gasteiger partial charge in [0.05, 0.1) is 6.10 Å².